The highest BCUT2D eigenvalue weighted by atomic mass is 32.1. The number of nitrogens with zero attached hydrogens (tertiary/aromatic N) is 3. The predicted octanol–water partition coefficient (Wildman–Crippen LogP) is 3.25. The first-order chi connectivity index (χ1) is 12.5. The van der Waals surface area contributed by atoms with Gasteiger partial charge in [-0.15, -0.1) is 11.3 Å². The molecule has 0 spiro atoms. The van der Waals surface area contributed by atoms with Gasteiger partial charge in [0.25, 0.3) is 0 Å². The smallest absolute Gasteiger partial charge is 0.193 e. The highest BCUT2D eigenvalue weighted by Crippen LogP contribution is 2.20. The molecule has 1 unspecified atom stereocenters. The van der Waals surface area contributed by atoms with Crippen molar-refractivity contribution in [2.24, 2.45) is 4.99 Å². The Kier molecular flexibility index (Phi) is 7.87. The second-order valence-corrected chi connectivity index (χ2v) is 6.94. The zero-order valence-electron chi connectivity index (χ0n) is 16.2. The average molecular weight is 377 g/mol. The van der Waals surface area contributed by atoms with E-state index in [1.165, 1.54) is 5.56 Å². The summed E-state index contributed by atoms with van der Waals surface area (Å²) in [4.78, 5) is 11.0. The van der Waals surface area contributed by atoms with E-state index >= 15 is 0 Å². The van der Waals surface area contributed by atoms with Crippen LogP contribution in [0.2, 0.25) is 0 Å². The standard InChI is InChI=1S/C19H28N4O2S/c1-14-6-8-17(9-7-14)25-11-10-21-19(20-3)23(4)12-16-13-26-18(22-16)15(2)24-5/h6-9,13,15H,10-12H2,1-5H3,(H,20,21). The molecule has 142 valence electrons. The molecule has 6 nitrogen and oxygen atoms in total. The summed E-state index contributed by atoms with van der Waals surface area (Å²) in [5, 5.41) is 6.37. The quantitative estimate of drug-likeness (QED) is 0.435. The molecule has 0 aliphatic carbocycles. The van der Waals surface area contributed by atoms with Crippen LogP contribution in [0, 0.1) is 6.92 Å². The summed E-state index contributed by atoms with van der Waals surface area (Å²) < 4.78 is 11.1. The lowest BCUT2D eigenvalue weighted by molar-refractivity contribution is 0.119. The third-order valence-corrected chi connectivity index (χ3v) is 4.97. The van der Waals surface area contributed by atoms with Gasteiger partial charge in [0.1, 0.15) is 23.5 Å². The van der Waals surface area contributed by atoms with Crippen molar-refractivity contribution in [2.45, 2.75) is 26.5 Å². The zero-order valence-corrected chi connectivity index (χ0v) is 17.0. The molecule has 0 fully saturated rings. The van der Waals surface area contributed by atoms with Crippen LogP contribution in [0.4, 0.5) is 0 Å². The van der Waals surface area contributed by atoms with Crippen molar-refractivity contribution in [2.75, 3.05) is 34.4 Å². The number of aryl methyl sites for hydroxylation is 1. The third kappa shape index (κ3) is 6.00. The molecule has 7 heteroatoms. The van der Waals surface area contributed by atoms with Crippen molar-refractivity contribution in [3.8, 4) is 5.75 Å². The highest BCUT2D eigenvalue weighted by Gasteiger charge is 2.12. The summed E-state index contributed by atoms with van der Waals surface area (Å²) in [7, 11) is 5.47. The number of ether oxygens (including phenoxy) is 2. The van der Waals surface area contributed by atoms with Crippen LogP contribution in [0.25, 0.3) is 0 Å². The second-order valence-electron chi connectivity index (χ2n) is 6.05. The number of hydrogen-bond donors (Lipinski definition) is 1. The maximum atomic E-state index is 5.74. The number of nitrogens with one attached hydrogen (secondary N) is 1. The van der Waals surface area contributed by atoms with Crippen molar-refractivity contribution >= 4 is 17.3 Å². The summed E-state index contributed by atoms with van der Waals surface area (Å²) in [6.45, 7) is 5.99. The molecule has 1 N–H and O–H groups in total. The molecule has 0 saturated carbocycles. The molecule has 0 aliphatic rings. The first-order valence-electron chi connectivity index (χ1n) is 8.61. The fourth-order valence-electron chi connectivity index (χ4n) is 2.35. The lowest BCUT2D eigenvalue weighted by atomic mass is 10.2. The molecule has 0 bridgehead atoms. The van der Waals surface area contributed by atoms with Gasteiger partial charge in [-0.3, -0.25) is 4.99 Å². The minimum atomic E-state index is 0.0235. The van der Waals surface area contributed by atoms with Crippen molar-refractivity contribution in [3.63, 3.8) is 0 Å². The first kappa shape index (κ1) is 20.2. The van der Waals surface area contributed by atoms with Crippen molar-refractivity contribution in [3.05, 3.63) is 45.9 Å². The van der Waals surface area contributed by atoms with E-state index in [0.717, 1.165) is 22.4 Å². The van der Waals surface area contributed by atoms with E-state index in [1.54, 1.807) is 25.5 Å². The van der Waals surface area contributed by atoms with Crippen molar-refractivity contribution < 1.29 is 9.47 Å². The summed E-state index contributed by atoms with van der Waals surface area (Å²) >= 11 is 1.62. The summed E-state index contributed by atoms with van der Waals surface area (Å²) in [6.07, 6.45) is 0.0235. The van der Waals surface area contributed by atoms with Gasteiger partial charge >= 0.3 is 0 Å². The van der Waals surface area contributed by atoms with Gasteiger partial charge in [0, 0.05) is 26.6 Å². The lowest BCUT2D eigenvalue weighted by Crippen LogP contribution is -2.40. The van der Waals surface area contributed by atoms with Gasteiger partial charge in [-0.1, -0.05) is 17.7 Å². The Bertz CT molecular complexity index is 700. The number of thiazole rings is 1. The minimum absolute atomic E-state index is 0.0235. The third-order valence-electron chi connectivity index (χ3n) is 3.92. The fourth-order valence-corrected chi connectivity index (χ4v) is 3.19. The van der Waals surface area contributed by atoms with Gasteiger partial charge < -0.3 is 19.7 Å². The molecule has 1 atom stereocenters. The van der Waals surface area contributed by atoms with Gasteiger partial charge in [-0.25, -0.2) is 4.98 Å². The number of benzene rings is 1. The molecular formula is C19H28N4O2S. The molecule has 2 rings (SSSR count). The normalized spacial score (nSPS) is 12.7. The average Bonchev–Trinajstić information content (AvgIpc) is 3.11. The van der Waals surface area contributed by atoms with Crippen LogP contribution in [0.1, 0.15) is 29.3 Å². The number of hydrogen-bond acceptors (Lipinski definition) is 5. The molecule has 0 radical (unpaired) electrons. The molecule has 1 aromatic carbocycles. The van der Waals surface area contributed by atoms with Crippen LogP contribution in [-0.4, -0.2) is 50.2 Å². The van der Waals surface area contributed by atoms with Crippen LogP contribution in [-0.2, 0) is 11.3 Å². The highest BCUT2D eigenvalue weighted by molar-refractivity contribution is 7.09. The van der Waals surface area contributed by atoms with E-state index in [-0.39, 0.29) is 6.10 Å². The number of aromatic nitrogens is 1. The van der Waals surface area contributed by atoms with E-state index < -0.39 is 0 Å². The zero-order chi connectivity index (χ0) is 18.9. The molecule has 2 aromatic rings. The van der Waals surface area contributed by atoms with E-state index in [9.17, 15) is 0 Å². The van der Waals surface area contributed by atoms with Crippen molar-refractivity contribution in [1.82, 2.24) is 15.2 Å². The van der Waals surface area contributed by atoms with E-state index in [0.29, 0.717) is 19.7 Å². The molecule has 0 saturated heterocycles. The monoisotopic (exact) mass is 376 g/mol. The molecule has 26 heavy (non-hydrogen) atoms. The Balaban J connectivity index is 1.78. The molecule has 0 aliphatic heterocycles. The van der Waals surface area contributed by atoms with Gasteiger partial charge in [0.05, 0.1) is 18.8 Å². The van der Waals surface area contributed by atoms with Gasteiger partial charge in [-0.05, 0) is 26.0 Å². The van der Waals surface area contributed by atoms with Crippen LogP contribution >= 0.6 is 11.3 Å². The Morgan fingerprint density at radius 2 is 2.08 bits per heavy atom. The van der Waals surface area contributed by atoms with Gasteiger partial charge in [0.2, 0.25) is 0 Å². The number of methoxy groups -OCH3 is 1. The summed E-state index contributed by atoms with van der Waals surface area (Å²) in [5.74, 6) is 1.69. The maximum Gasteiger partial charge on any atom is 0.193 e. The molecular weight excluding hydrogens is 348 g/mol. The van der Waals surface area contributed by atoms with Crippen LogP contribution in [0.5, 0.6) is 5.75 Å². The fraction of sp³-hybridized carbons (Fsp3) is 0.474. The topological polar surface area (TPSA) is 59.0 Å². The summed E-state index contributed by atoms with van der Waals surface area (Å²) in [5.41, 5.74) is 2.23. The number of rotatable bonds is 8. The summed E-state index contributed by atoms with van der Waals surface area (Å²) in [6, 6.07) is 8.05. The van der Waals surface area contributed by atoms with Crippen LogP contribution < -0.4 is 10.1 Å². The van der Waals surface area contributed by atoms with Crippen molar-refractivity contribution in [1.29, 1.82) is 0 Å². The second kappa shape index (κ2) is 10.1. The Morgan fingerprint density at radius 1 is 1.35 bits per heavy atom. The molecule has 1 heterocycles. The first-order valence-corrected chi connectivity index (χ1v) is 9.49. The Morgan fingerprint density at radius 3 is 2.73 bits per heavy atom. The SMILES string of the molecule is CN=C(NCCOc1ccc(C)cc1)N(C)Cc1csc(C(C)OC)n1. The van der Waals surface area contributed by atoms with E-state index in [2.05, 4.69) is 27.6 Å². The maximum absolute atomic E-state index is 5.74. The Labute approximate surface area is 159 Å². The van der Waals surface area contributed by atoms with Crippen LogP contribution in [0.15, 0.2) is 34.6 Å². The van der Waals surface area contributed by atoms with Crippen LogP contribution in [0.3, 0.4) is 0 Å². The number of guanidine groups is 1. The van der Waals surface area contributed by atoms with E-state index in [4.69, 9.17) is 9.47 Å². The van der Waals surface area contributed by atoms with E-state index in [1.807, 2.05) is 43.1 Å². The van der Waals surface area contributed by atoms with Gasteiger partial charge in [0.15, 0.2) is 5.96 Å². The predicted molar refractivity (Wildman–Crippen MR) is 107 cm³/mol. The number of aliphatic imine (C=N–C) groups is 1. The molecule has 1 aromatic heterocycles. The molecule has 0 amide bonds. The lowest BCUT2D eigenvalue weighted by Gasteiger charge is -2.21. The Hall–Kier alpha value is -2.12. The van der Waals surface area contributed by atoms with Gasteiger partial charge in [-0.2, -0.15) is 0 Å². The largest absolute Gasteiger partial charge is 0.492 e. The minimum Gasteiger partial charge on any atom is -0.492 e.